The summed E-state index contributed by atoms with van der Waals surface area (Å²) in [4.78, 5) is 12.8. The molecule has 3 rings (SSSR count). The Morgan fingerprint density at radius 2 is 1.93 bits per heavy atom. The van der Waals surface area contributed by atoms with Crippen LogP contribution < -0.4 is 5.32 Å². The number of hydrogen-bond acceptors (Lipinski definition) is 2. The Bertz CT molecular complexity index is 962. The molecule has 0 fully saturated rings. The van der Waals surface area contributed by atoms with E-state index in [-0.39, 0.29) is 11.7 Å². The molecular weight excluding hydrogens is 341 g/mol. The Morgan fingerprint density at radius 1 is 1.15 bits per heavy atom. The largest absolute Gasteiger partial charge is 0.351 e. The van der Waals surface area contributed by atoms with Crippen molar-refractivity contribution in [3.63, 3.8) is 0 Å². The first-order chi connectivity index (χ1) is 13.0. The second-order valence-corrected chi connectivity index (χ2v) is 6.71. The Hall–Kier alpha value is -2.95. The summed E-state index contributed by atoms with van der Waals surface area (Å²) in [5, 5.41) is 7.49. The van der Waals surface area contributed by atoms with E-state index in [1.165, 1.54) is 6.07 Å². The molecule has 3 aromatic rings. The summed E-state index contributed by atoms with van der Waals surface area (Å²) in [5.74, 6) is -0.570. The molecular formula is C22H24FN3O. The van der Waals surface area contributed by atoms with Crippen molar-refractivity contribution in [1.82, 2.24) is 15.1 Å². The number of nitrogens with one attached hydrogen (secondary N) is 1. The van der Waals surface area contributed by atoms with Gasteiger partial charge in [-0.3, -0.25) is 4.79 Å². The van der Waals surface area contributed by atoms with Crippen molar-refractivity contribution in [2.24, 2.45) is 0 Å². The monoisotopic (exact) mass is 365 g/mol. The highest BCUT2D eigenvalue weighted by molar-refractivity contribution is 5.94. The van der Waals surface area contributed by atoms with Gasteiger partial charge in [-0.1, -0.05) is 43.2 Å². The highest BCUT2D eigenvalue weighted by Gasteiger charge is 2.19. The summed E-state index contributed by atoms with van der Waals surface area (Å²) in [6, 6.07) is 14.1. The molecule has 0 aliphatic heterocycles. The fraction of sp³-hybridized carbons (Fsp3) is 0.273. The number of carbonyl (C=O) groups excluding carboxylic acids is 1. The van der Waals surface area contributed by atoms with E-state index in [9.17, 15) is 9.18 Å². The molecule has 0 aliphatic rings. The van der Waals surface area contributed by atoms with Gasteiger partial charge in [0.1, 0.15) is 11.5 Å². The van der Waals surface area contributed by atoms with Crippen molar-refractivity contribution in [2.75, 3.05) is 6.54 Å². The molecule has 0 unspecified atom stereocenters. The molecule has 0 saturated heterocycles. The normalized spacial score (nSPS) is 10.8. The van der Waals surface area contributed by atoms with Crippen molar-refractivity contribution in [2.45, 2.75) is 33.6 Å². The second-order valence-electron chi connectivity index (χ2n) is 6.71. The number of carbonyl (C=O) groups is 1. The zero-order chi connectivity index (χ0) is 19.4. The molecule has 1 N–H and O–H groups in total. The van der Waals surface area contributed by atoms with Gasteiger partial charge in [0.15, 0.2) is 0 Å². The van der Waals surface area contributed by atoms with Crippen LogP contribution >= 0.6 is 0 Å². The molecule has 27 heavy (non-hydrogen) atoms. The number of aromatic nitrogens is 2. The van der Waals surface area contributed by atoms with Gasteiger partial charge < -0.3 is 5.32 Å². The van der Waals surface area contributed by atoms with Gasteiger partial charge >= 0.3 is 0 Å². The molecule has 5 heteroatoms. The van der Waals surface area contributed by atoms with E-state index in [0.717, 1.165) is 29.7 Å². The quantitative estimate of drug-likeness (QED) is 0.636. The van der Waals surface area contributed by atoms with Crippen LogP contribution in [0.3, 0.4) is 0 Å². The van der Waals surface area contributed by atoms with E-state index in [2.05, 4.69) is 17.3 Å². The van der Waals surface area contributed by atoms with Crippen LogP contribution in [0.2, 0.25) is 0 Å². The van der Waals surface area contributed by atoms with Gasteiger partial charge in [-0.15, -0.1) is 0 Å². The average Bonchev–Trinajstić information content (AvgIpc) is 3.07. The summed E-state index contributed by atoms with van der Waals surface area (Å²) in [6.07, 6.45) is 1.90. The lowest BCUT2D eigenvalue weighted by atomic mass is 10.1. The number of unbranched alkanes of at least 4 members (excludes halogenated alkanes) is 1. The van der Waals surface area contributed by atoms with E-state index in [4.69, 9.17) is 0 Å². The maximum atomic E-state index is 14.3. The molecule has 2 aromatic carbocycles. The Labute approximate surface area is 159 Å². The Morgan fingerprint density at radius 3 is 2.63 bits per heavy atom. The molecule has 0 radical (unpaired) electrons. The van der Waals surface area contributed by atoms with E-state index in [1.807, 2.05) is 32.0 Å². The van der Waals surface area contributed by atoms with Gasteiger partial charge in [-0.05, 0) is 50.1 Å². The summed E-state index contributed by atoms with van der Waals surface area (Å²) in [7, 11) is 0. The summed E-state index contributed by atoms with van der Waals surface area (Å²) < 4.78 is 15.9. The fourth-order valence-electron chi connectivity index (χ4n) is 3.04. The number of nitrogens with zero attached hydrogens (tertiary/aromatic N) is 2. The van der Waals surface area contributed by atoms with Gasteiger partial charge in [-0.2, -0.15) is 5.10 Å². The summed E-state index contributed by atoms with van der Waals surface area (Å²) >= 11 is 0. The number of halogens is 1. The van der Waals surface area contributed by atoms with E-state index >= 15 is 0 Å². The summed E-state index contributed by atoms with van der Waals surface area (Å²) in [6.45, 7) is 6.67. The van der Waals surface area contributed by atoms with E-state index in [1.54, 1.807) is 28.9 Å². The van der Waals surface area contributed by atoms with Crippen LogP contribution in [0.4, 0.5) is 4.39 Å². The topological polar surface area (TPSA) is 46.9 Å². The minimum atomic E-state index is -0.360. The Balaban J connectivity index is 2.09. The van der Waals surface area contributed by atoms with Crippen molar-refractivity contribution in [1.29, 1.82) is 0 Å². The van der Waals surface area contributed by atoms with Gasteiger partial charge in [0, 0.05) is 12.1 Å². The maximum Gasteiger partial charge on any atom is 0.270 e. The molecule has 1 heterocycles. The first kappa shape index (κ1) is 18.8. The SMILES string of the molecule is CCCCNC(=O)c1cc(-c2ccccc2F)nn1-c1ccc(C)cc1C. The van der Waals surface area contributed by atoms with Crippen LogP contribution in [-0.4, -0.2) is 22.2 Å². The van der Waals surface area contributed by atoms with E-state index in [0.29, 0.717) is 23.5 Å². The standard InChI is InChI=1S/C22H24FN3O/c1-4-5-12-24-22(27)21-14-19(17-8-6-7-9-18(17)23)25-26(21)20-11-10-15(2)13-16(20)3/h6-11,13-14H,4-5,12H2,1-3H3,(H,24,27). The minimum Gasteiger partial charge on any atom is -0.351 e. The first-order valence-electron chi connectivity index (χ1n) is 9.22. The van der Waals surface area contributed by atoms with Crippen LogP contribution in [0.5, 0.6) is 0 Å². The smallest absolute Gasteiger partial charge is 0.270 e. The molecule has 0 atom stereocenters. The van der Waals surface area contributed by atoms with Crippen LogP contribution in [0.15, 0.2) is 48.5 Å². The maximum absolute atomic E-state index is 14.3. The van der Waals surface area contributed by atoms with Crippen LogP contribution in [0.1, 0.15) is 41.4 Å². The third-order valence-electron chi connectivity index (χ3n) is 4.49. The third-order valence-corrected chi connectivity index (χ3v) is 4.49. The Kier molecular flexibility index (Phi) is 5.69. The molecule has 1 amide bonds. The van der Waals surface area contributed by atoms with Gasteiger partial charge in [0.2, 0.25) is 0 Å². The van der Waals surface area contributed by atoms with Gasteiger partial charge in [0.05, 0.1) is 11.4 Å². The van der Waals surface area contributed by atoms with Crippen LogP contribution in [0, 0.1) is 19.7 Å². The molecule has 0 aliphatic carbocycles. The highest BCUT2D eigenvalue weighted by atomic mass is 19.1. The number of rotatable bonds is 6. The molecule has 0 bridgehead atoms. The average molecular weight is 365 g/mol. The second kappa shape index (κ2) is 8.16. The molecule has 0 saturated carbocycles. The summed E-state index contributed by atoms with van der Waals surface area (Å²) in [5.41, 5.74) is 4.16. The van der Waals surface area contributed by atoms with Crippen molar-refractivity contribution in [3.05, 3.63) is 71.2 Å². The lowest BCUT2D eigenvalue weighted by Crippen LogP contribution is -2.26. The van der Waals surface area contributed by atoms with Gasteiger partial charge in [0.25, 0.3) is 5.91 Å². The zero-order valence-corrected chi connectivity index (χ0v) is 15.9. The number of hydrogen-bond donors (Lipinski definition) is 1. The lowest BCUT2D eigenvalue weighted by molar-refractivity contribution is 0.0945. The predicted molar refractivity (Wildman–Crippen MR) is 106 cm³/mol. The predicted octanol–water partition coefficient (Wildman–Crippen LogP) is 4.83. The number of aryl methyl sites for hydroxylation is 2. The molecule has 1 aromatic heterocycles. The number of benzene rings is 2. The van der Waals surface area contributed by atoms with E-state index < -0.39 is 0 Å². The van der Waals surface area contributed by atoms with Crippen LogP contribution in [-0.2, 0) is 0 Å². The first-order valence-corrected chi connectivity index (χ1v) is 9.22. The fourth-order valence-corrected chi connectivity index (χ4v) is 3.04. The third kappa shape index (κ3) is 4.08. The van der Waals surface area contributed by atoms with Crippen molar-refractivity contribution < 1.29 is 9.18 Å². The molecule has 140 valence electrons. The zero-order valence-electron chi connectivity index (χ0n) is 15.9. The van der Waals surface area contributed by atoms with Gasteiger partial charge in [-0.25, -0.2) is 9.07 Å². The van der Waals surface area contributed by atoms with Crippen molar-refractivity contribution in [3.8, 4) is 16.9 Å². The van der Waals surface area contributed by atoms with Crippen molar-refractivity contribution >= 4 is 5.91 Å². The molecule has 4 nitrogen and oxygen atoms in total. The van der Waals surface area contributed by atoms with Crippen LogP contribution in [0.25, 0.3) is 16.9 Å². The number of amides is 1. The highest BCUT2D eigenvalue weighted by Crippen LogP contribution is 2.25. The lowest BCUT2D eigenvalue weighted by Gasteiger charge is -2.11. The minimum absolute atomic E-state index is 0.210. The molecule has 0 spiro atoms.